The number of rotatable bonds is 3. The minimum absolute atomic E-state index is 0.0530. The number of carbonyl (C=O) groups is 2. The van der Waals surface area contributed by atoms with Gasteiger partial charge in [-0.3, -0.25) is 9.59 Å². The van der Waals surface area contributed by atoms with Gasteiger partial charge in [0.15, 0.2) is 5.78 Å². The maximum Gasteiger partial charge on any atom is 0.261 e. The highest BCUT2D eigenvalue weighted by Gasteiger charge is 2.42. The predicted molar refractivity (Wildman–Crippen MR) is 125 cm³/mol. The molecule has 3 aromatic rings. The second-order valence-electron chi connectivity index (χ2n) is 9.23. The van der Waals surface area contributed by atoms with Gasteiger partial charge in [0, 0.05) is 28.4 Å². The number of nitrogens with zero attached hydrogens (tertiary/aromatic N) is 2. The van der Waals surface area contributed by atoms with Gasteiger partial charge in [-0.05, 0) is 53.8 Å². The molecule has 2 heterocycles. The number of allylic oxidation sites excluding steroid dienone is 2. The van der Waals surface area contributed by atoms with Gasteiger partial charge in [0.25, 0.3) is 5.91 Å². The van der Waals surface area contributed by atoms with Crippen LogP contribution >= 0.6 is 11.6 Å². The molecule has 6 nitrogen and oxygen atoms in total. The van der Waals surface area contributed by atoms with Crippen LogP contribution in [0.5, 0.6) is 0 Å². The number of ketones is 1. The molecule has 2 aliphatic rings. The molecule has 0 unspecified atom stereocenters. The summed E-state index contributed by atoms with van der Waals surface area (Å²) in [4.78, 5) is 26.3. The molecule has 2 N–H and O–H groups in total. The standard InChI is InChI=1S/C25H22ClFN4O2/c1-25(2)11-19-21(20(32)12-25)22(14-4-3-5-15(26)10-14)31-23(30-19)18(13-28-31)24(33)29-17-8-6-16(27)7-9-17/h3-10,13,22,30H,11-12H2,1-2H3,(H,29,33)/t22-/m1/s1. The van der Waals surface area contributed by atoms with Gasteiger partial charge < -0.3 is 10.6 Å². The van der Waals surface area contributed by atoms with Gasteiger partial charge in [-0.15, -0.1) is 0 Å². The third-order valence-corrected chi connectivity index (χ3v) is 6.25. The summed E-state index contributed by atoms with van der Waals surface area (Å²) in [6.45, 7) is 4.11. The zero-order chi connectivity index (χ0) is 23.3. The Balaban J connectivity index is 1.59. The molecule has 2 aromatic carbocycles. The van der Waals surface area contributed by atoms with E-state index in [0.29, 0.717) is 40.5 Å². The van der Waals surface area contributed by atoms with E-state index >= 15 is 0 Å². The number of amides is 1. The van der Waals surface area contributed by atoms with E-state index in [1.54, 1.807) is 10.7 Å². The van der Waals surface area contributed by atoms with Gasteiger partial charge in [-0.2, -0.15) is 5.10 Å². The van der Waals surface area contributed by atoms with E-state index in [1.807, 2.05) is 18.2 Å². The Kier molecular flexibility index (Phi) is 5.09. The summed E-state index contributed by atoms with van der Waals surface area (Å²) in [5.41, 5.74) is 2.86. The normalized spacial score (nSPS) is 18.9. The van der Waals surface area contributed by atoms with E-state index in [9.17, 15) is 14.0 Å². The number of carbonyl (C=O) groups excluding carboxylic acids is 2. The van der Waals surface area contributed by atoms with Crippen molar-refractivity contribution in [2.24, 2.45) is 5.41 Å². The quantitative estimate of drug-likeness (QED) is 0.530. The topological polar surface area (TPSA) is 76.0 Å². The van der Waals surface area contributed by atoms with Gasteiger partial charge in [0.05, 0.1) is 6.20 Å². The molecule has 1 amide bonds. The molecule has 5 rings (SSSR count). The van der Waals surface area contributed by atoms with Gasteiger partial charge in [0.2, 0.25) is 0 Å². The van der Waals surface area contributed by atoms with Crippen LogP contribution in [0.15, 0.2) is 66.0 Å². The molecule has 1 aliphatic heterocycles. The minimum Gasteiger partial charge on any atom is -0.343 e. The van der Waals surface area contributed by atoms with Crippen LogP contribution in [0.25, 0.3) is 0 Å². The minimum atomic E-state index is -0.495. The highest BCUT2D eigenvalue weighted by molar-refractivity contribution is 6.30. The molecule has 0 fully saturated rings. The Morgan fingerprint density at radius 3 is 2.70 bits per heavy atom. The van der Waals surface area contributed by atoms with E-state index in [0.717, 1.165) is 11.3 Å². The Morgan fingerprint density at radius 1 is 1.21 bits per heavy atom. The van der Waals surface area contributed by atoms with Crippen LogP contribution in [0.2, 0.25) is 5.02 Å². The Morgan fingerprint density at radius 2 is 1.97 bits per heavy atom. The fourth-order valence-corrected chi connectivity index (χ4v) is 4.79. The van der Waals surface area contributed by atoms with Crippen molar-refractivity contribution < 1.29 is 14.0 Å². The first kappa shape index (κ1) is 21.4. The first-order valence-corrected chi connectivity index (χ1v) is 11.0. The average molecular weight is 465 g/mol. The molecule has 168 valence electrons. The Hall–Kier alpha value is -3.45. The lowest BCUT2D eigenvalue weighted by Crippen LogP contribution is -2.37. The maximum absolute atomic E-state index is 13.3. The number of aromatic nitrogens is 2. The lowest BCUT2D eigenvalue weighted by molar-refractivity contribution is -0.118. The smallest absolute Gasteiger partial charge is 0.261 e. The van der Waals surface area contributed by atoms with E-state index in [2.05, 4.69) is 29.6 Å². The molecule has 0 saturated heterocycles. The van der Waals surface area contributed by atoms with Gasteiger partial charge in [-0.1, -0.05) is 37.6 Å². The van der Waals surface area contributed by atoms with Crippen molar-refractivity contribution in [3.8, 4) is 0 Å². The number of hydrogen-bond donors (Lipinski definition) is 2. The van der Waals surface area contributed by atoms with Gasteiger partial charge in [0.1, 0.15) is 23.2 Å². The Labute approximate surface area is 195 Å². The molecule has 1 aliphatic carbocycles. The number of nitrogens with one attached hydrogen (secondary N) is 2. The van der Waals surface area contributed by atoms with Crippen LogP contribution in [-0.2, 0) is 4.79 Å². The Bertz CT molecular complexity index is 1310. The van der Waals surface area contributed by atoms with Gasteiger partial charge >= 0.3 is 0 Å². The van der Waals surface area contributed by atoms with E-state index in [-0.39, 0.29) is 22.9 Å². The van der Waals surface area contributed by atoms with Crippen molar-refractivity contribution in [3.05, 3.63) is 88.0 Å². The molecular weight excluding hydrogens is 443 g/mol. The third kappa shape index (κ3) is 3.93. The van der Waals surface area contributed by atoms with E-state index in [1.165, 1.54) is 30.5 Å². The average Bonchev–Trinajstić information content (AvgIpc) is 3.16. The summed E-state index contributed by atoms with van der Waals surface area (Å²) in [5.74, 6) is -0.210. The summed E-state index contributed by atoms with van der Waals surface area (Å²) in [7, 11) is 0. The molecule has 1 aromatic heterocycles. The second kappa shape index (κ2) is 7.85. The first-order chi connectivity index (χ1) is 15.7. The predicted octanol–water partition coefficient (Wildman–Crippen LogP) is 5.59. The second-order valence-corrected chi connectivity index (χ2v) is 9.66. The highest BCUT2D eigenvalue weighted by Crippen LogP contribution is 2.46. The summed E-state index contributed by atoms with van der Waals surface area (Å²) in [5, 5.41) is 11.2. The van der Waals surface area contributed by atoms with Gasteiger partial charge in [-0.25, -0.2) is 9.07 Å². The fraction of sp³-hybridized carbons (Fsp3) is 0.240. The van der Waals surface area contributed by atoms with Crippen LogP contribution < -0.4 is 10.6 Å². The summed E-state index contributed by atoms with van der Waals surface area (Å²) in [6.07, 6.45) is 2.57. The van der Waals surface area contributed by atoms with Crippen molar-refractivity contribution in [1.82, 2.24) is 9.78 Å². The number of fused-ring (bicyclic) bond motifs is 1. The van der Waals surface area contributed by atoms with Crippen LogP contribution in [-0.4, -0.2) is 21.5 Å². The van der Waals surface area contributed by atoms with Crippen LogP contribution in [0, 0.1) is 11.2 Å². The zero-order valence-corrected chi connectivity index (χ0v) is 18.9. The molecule has 0 radical (unpaired) electrons. The third-order valence-electron chi connectivity index (χ3n) is 6.01. The summed E-state index contributed by atoms with van der Waals surface area (Å²) >= 11 is 6.27. The van der Waals surface area contributed by atoms with Crippen molar-refractivity contribution in [2.75, 3.05) is 10.6 Å². The fourth-order valence-electron chi connectivity index (χ4n) is 4.59. The first-order valence-electron chi connectivity index (χ1n) is 10.6. The molecule has 8 heteroatoms. The highest BCUT2D eigenvalue weighted by atomic mass is 35.5. The van der Waals surface area contributed by atoms with Crippen LogP contribution in [0.3, 0.4) is 0 Å². The van der Waals surface area contributed by atoms with Crippen molar-refractivity contribution in [2.45, 2.75) is 32.7 Å². The SMILES string of the molecule is CC1(C)CC(=O)C2=C(C1)Nc1c(C(=O)Nc3ccc(F)cc3)cnn1[C@@H]2c1cccc(Cl)c1. The van der Waals surface area contributed by atoms with Crippen LogP contribution in [0.4, 0.5) is 15.9 Å². The lowest BCUT2D eigenvalue weighted by Gasteiger charge is -2.39. The summed E-state index contributed by atoms with van der Waals surface area (Å²) < 4.78 is 14.9. The van der Waals surface area contributed by atoms with E-state index < -0.39 is 6.04 Å². The summed E-state index contributed by atoms with van der Waals surface area (Å²) in [6, 6.07) is 12.4. The van der Waals surface area contributed by atoms with Crippen molar-refractivity contribution in [3.63, 3.8) is 0 Å². The molecule has 0 spiro atoms. The van der Waals surface area contributed by atoms with Crippen molar-refractivity contribution >= 4 is 34.8 Å². The number of hydrogen-bond acceptors (Lipinski definition) is 4. The molecular formula is C25H22ClFN4O2. The maximum atomic E-state index is 13.3. The lowest BCUT2D eigenvalue weighted by atomic mass is 9.73. The van der Waals surface area contributed by atoms with Crippen LogP contribution in [0.1, 0.15) is 48.7 Å². The molecule has 33 heavy (non-hydrogen) atoms. The molecule has 0 bridgehead atoms. The number of benzene rings is 2. The van der Waals surface area contributed by atoms with Crippen molar-refractivity contribution in [1.29, 1.82) is 0 Å². The number of halogens is 2. The zero-order valence-electron chi connectivity index (χ0n) is 18.2. The monoisotopic (exact) mass is 464 g/mol. The number of anilines is 2. The molecule has 1 atom stereocenters. The van der Waals surface area contributed by atoms with E-state index in [4.69, 9.17) is 11.6 Å². The largest absolute Gasteiger partial charge is 0.343 e. The molecule has 0 saturated carbocycles. The number of Topliss-reactive ketones (excluding diaryl/α,β-unsaturated/α-hetero) is 1.